The molecule has 1 aromatic carbocycles. The van der Waals surface area contributed by atoms with Crippen molar-refractivity contribution >= 4 is 5.97 Å². The number of benzene rings is 1. The molecule has 120 valence electrons. The smallest absolute Gasteiger partial charge is 0.304 e. The van der Waals surface area contributed by atoms with Crippen LogP contribution in [-0.2, 0) is 11.3 Å². The molecule has 0 aliphatic carbocycles. The molecular formula is C17H23FN2O2. The van der Waals surface area contributed by atoms with E-state index in [2.05, 4.69) is 9.80 Å². The highest BCUT2D eigenvalue weighted by molar-refractivity contribution is 5.66. The van der Waals surface area contributed by atoms with Crippen molar-refractivity contribution in [2.75, 3.05) is 26.2 Å². The van der Waals surface area contributed by atoms with Crippen LogP contribution in [0.1, 0.15) is 24.8 Å². The van der Waals surface area contributed by atoms with Crippen LogP contribution < -0.4 is 0 Å². The lowest BCUT2D eigenvalue weighted by Gasteiger charge is -2.35. The van der Waals surface area contributed by atoms with E-state index in [4.69, 9.17) is 5.11 Å². The van der Waals surface area contributed by atoms with Gasteiger partial charge in [-0.25, -0.2) is 4.39 Å². The van der Waals surface area contributed by atoms with Crippen LogP contribution in [0.15, 0.2) is 24.3 Å². The maximum Gasteiger partial charge on any atom is 0.304 e. The molecule has 1 N–H and O–H groups in total. The first-order valence-corrected chi connectivity index (χ1v) is 8.03. The van der Waals surface area contributed by atoms with Gasteiger partial charge in [-0.2, -0.15) is 0 Å². The van der Waals surface area contributed by atoms with Gasteiger partial charge >= 0.3 is 5.97 Å². The number of carboxylic acids is 1. The van der Waals surface area contributed by atoms with Gasteiger partial charge in [-0.3, -0.25) is 14.6 Å². The minimum absolute atomic E-state index is 0.195. The van der Waals surface area contributed by atoms with Gasteiger partial charge in [0, 0.05) is 38.8 Å². The van der Waals surface area contributed by atoms with Gasteiger partial charge in [0.2, 0.25) is 0 Å². The van der Waals surface area contributed by atoms with E-state index in [-0.39, 0.29) is 12.2 Å². The topological polar surface area (TPSA) is 43.8 Å². The molecule has 4 nitrogen and oxygen atoms in total. The van der Waals surface area contributed by atoms with Crippen LogP contribution in [0.2, 0.25) is 0 Å². The third-order valence-electron chi connectivity index (χ3n) is 4.83. The predicted octanol–water partition coefficient (Wildman–Crippen LogP) is 2.20. The normalized spacial score (nSPS) is 26.0. The molecule has 2 atom stereocenters. The number of rotatable bonds is 5. The van der Waals surface area contributed by atoms with E-state index in [1.807, 2.05) is 12.1 Å². The highest BCUT2D eigenvalue weighted by Gasteiger charge is 2.34. The lowest BCUT2D eigenvalue weighted by atomic mass is 9.95. The molecule has 0 radical (unpaired) electrons. The summed E-state index contributed by atoms with van der Waals surface area (Å²) < 4.78 is 13.0. The number of piperidine rings is 1. The largest absolute Gasteiger partial charge is 0.481 e. The Morgan fingerprint density at radius 2 is 1.95 bits per heavy atom. The minimum atomic E-state index is -0.719. The number of nitrogens with zero attached hydrogens (tertiary/aromatic N) is 2. The highest BCUT2D eigenvalue weighted by Crippen LogP contribution is 2.28. The van der Waals surface area contributed by atoms with Gasteiger partial charge in [0.25, 0.3) is 0 Å². The monoisotopic (exact) mass is 306 g/mol. The van der Waals surface area contributed by atoms with Gasteiger partial charge in [-0.1, -0.05) is 12.1 Å². The SMILES string of the molecule is O=C(O)CCN1C[C@@H]2CC[C@H]1CN(Cc1ccc(F)cc1)C2. The predicted molar refractivity (Wildman–Crippen MR) is 82.0 cm³/mol. The summed E-state index contributed by atoms with van der Waals surface area (Å²) in [6.45, 7) is 4.55. The van der Waals surface area contributed by atoms with Crippen molar-refractivity contribution in [3.63, 3.8) is 0 Å². The average molecular weight is 306 g/mol. The third-order valence-corrected chi connectivity index (χ3v) is 4.83. The van der Waals surface area contributed by atoms with Crippen molar-refractivity contribution < 1.29 is 14.3 Å². The first-order chi connectivity index (χ1) is 10.6. The van der Waals surface area contributed by atoms with Crippen molar-refractivity contribution in [1.82, 2.24) is 9.80 Å². The summed E-state index contributed by atoms with van der Waals surface area (Å²) in [6, 6.07) is 7.19. The van der Waals surface area contributed by atoms with E-state index in [1.54, 1.807) is 0 Å². The van der Waals surface area contributed by atoms with Crippen LogP contribution in [0.5, 0.6) is 0 Å². The fraction of sp³-hybridized carbons (Fsp3) is 0.588. The van der Waals surface area contributed by atoms with Crippen LogP contribution in [0.4, 0.5) is 4.39 Å². The molecule has 5 heteroatoms. The number of hydrogen-bond acceptors (Lipinski definition) is 3. The summed E-state index contributed by atoms with van der Waals surface area (Å²) in [5, 5.41) is 8.89. The molecule has 1 aromatic rings. The number of fused-ring (bicyclic) bond motifs is 4. The fourth-order valence-corrected chi connectivity index (χ4v) is 3.77. The lowest BCUT2D eigenvalue weighted by Crippen LogP contribution is -2.44. The Morgan fingerprint density at radius 1 is 1.18 bits per heavy atom. The highest BCUT2D eigenvalue weighted by atomic mass is 19.1. The Bertz CT molecular complexity index is 520. The molecule has 3 saturated heterocycles. The quantitative estimate of drug-likeness (QED) is 0.906. The second-order valence-corrected chi connectivity index (χ2v) is 6.56. The molecule has 0 aromatic heterocycles. The zero-order valence-electron chi connectivity index (χ0n) is 12.7. The summed E-state index contributed by atoms with van der Waals surface area (Å²) in [5.41, 5.74) is 1.14. The number of hydrogen-bond donors (Lipinski definition) is 1. The number of halogens is 1. The fourth-order valence-electron chi connectivity index (χ4n) is 3.77. The molecule has 0 unspecified atom stereocenters. The average Bonchev–Trinajstić information content (AvgIpc) is 2.78. The Hall–Kier alpha value is -1.46. The van der Waals surface area contributed by atoms with Gasteiger partial charge in [-0.05, 0) is 36.5 Å². The molecule has 3 fully saturated rings. The molecule has 0 amide bonds. The van der Waals surface area contributed by atoms with E-state index in [9.17, 15) is 9.18 Å². The molecule has 0 spiro atoms. The van der Waals surface area contributed by atoms with Crippen LogP contribution in [0.25, 0.3) is 0 Å². The van der Waals surface area contributed by atoms with Crippen molar-refractivity contribution in [3.8, 4) is 0 Å². The van der Waals surface area contributed by atoms with Gasteiger partial charge < -0.3 is 5.11 Å². The van der Waals surface area contributed by atoms with Crippen LogP contribution in [0, 0.1) is 11.7 Å². The van der Waals surface area contributed by atoms with Crippen molar-refractivity contribution in [2.45, 2.75) is 31.8 Å². The molecule has 2 bridgehead atoms. The summed E-state index contributed by atoms with van der Waals surface area (Å²) in [6.07, 6.45) is 2.61. The zero-order chi connectivity index (χ0) is 15.5. The van der Waals surface area contributed by atoms with Crippen molar-refractivity contribution in [3.05, 3.63) is 35.6 Å². The number of carboxylic acid groups (broad SMARTS) is 1. The van der Waals surface area contributed by atoms with Crippen molar-refractivity contribution in [1.29, 1.82) is 0 Å². The van der Waals surface area contributed by atoms with E-state index < -0.39 is 5.97 Å². The van der Waals surface area contributed by atoms with Crippen LogP contribution in [0.3, 0.4) is 0 Å². The Labute approximate surface area is 130 Å². The summed E-state index contributed by atoms with van der Waals surface area (Å²) in [7, 11) is 0. The molecule has 4 rings (SSSR count). The minimum Gasteiger partial charge on any atom is -0.481 e. The Morgan fingerprint density at radius 3 is 2.68 bits per heavy atom. The van der Waals surface area contributed by atoms with E-state index in [0.29, 0.717) is 18.5 Å². The molecule has 3 aliphatic rings. The summed E-state index contributed by atoms with van der Waals surface area (Å²) in [5.74, 6) is -0.296. The van der Waals surface area contributed by atoms with E-state index >= 15 is 0 Å². The maximum atomic E-state index is 13.0. The lowest BCUT2D eigenvalue weighted by molar-refractivity contribution is -0.137. The first kappa shape index (κ1) is 15.4. The standard InChI is InChI=1S/C17H23FN2O2/c18-15-4-1-13(2-5-15)9-19-10-14-3-6-16(12-19)20(11-14)8-7-17(21)22/h1-2,4-5,14,16H,3,6-12H2,(H,21,22)/t14-,16+/m1/s1. The molecule has 22 heavy (non-hydrogen) atoms. The van der Waals surface area contributed by atoms with Gasteiger partial charge in [0.15, 0.2) is 0 Å². The second-order valence-electron chi connectivity index (χ2n) is 6.56. The zero-order valence-corrected chi connectivity index (χ0v) is 12.7. The van der Waals surface area contributed by atoms with E-state index in [0.717, 1.165) is 38.2 Å². The second kappa shape index (κ2) is 6.75. The van der Waals surface area contributed by atoms with Gasteiger partial charge in [-0.15, -0.1) is 0 Å². The summed E-state index contributed by atoms with van der Waals surface area (Å²) in [4.78, 5) is 15.6. The molecule has 0 saturated carbocycles. The molecular weight excluding hydrogens is 283 g/mol. The summed E-state index contributed by atoms with van der Waals surface area (Å²) >= 11 is 0. The number of aliphatic carboxylic acids is 1. The third kappa shape index (κ3) is 3.84. The Balaban J connectivity index is 1.62. The molecule has 3 aliphatic heterocycles. The van der Waals surface area contributed by atoms with E-state index in [1.165, 1.54) is 18.6 Å². The van der Waals surface area contributed by atoms with Crippen LogP contribution in [-0.4, -0.2) is 53.1 Å². The van der Waals surface area contributed by atoms with Gasteiger partial charge in [0.1, 0.15) is 5.82 Å². The number of carbonyl (C=O) groups is 1. The van der Waals surface area contributed by atoms with Crippen LogP contribution >= 0.6 is 0 Å². The maximum absolute atomic E-state index is 13.0. The Kier molecular flexibility index (Phi) is 4.74. The van der Waals surface area contributed by atoms with Crippen molar-refractivity contribution in [2.24, 2.45) is 5.92 Å². The van der Waals surface area contributed by atoms with Gasteiger partial charge in [0.05, 0.1) is 6.42 Å². The first-order valence-electron chi connectivity index (χ1n) is 8.03. The molecule has 3 heterocycles.